The zero-order valence-corrected chi connectivity index (χ0v) is 10.9. The van der Waals surface area contributed by atoms with Gasteiger partial charge in [0.05, 0.1) is 11.4 Å². The smallest absolute Gasteiger partial charge is 0.328 e. The number of nitrogens with one attached hydrogen (secondary N) is 1. The quantitative estimate of drug-likeness (QED) is 0.798. The van der Waals surface area contributed by atoms with Gasteiger partial charge in [-0.25, -0.2) is 4.79 Å². The summed E-state index contributed by atoms with van der Waals surface area (Å²) >= 11 is 0. The number of nitrogen functional groups attached to an aromatic ring is 1. The van der Waals surface area contributed by atoms with E-state index in [9.17, 15) is 9.59 Å². The summed E-state index contributed by atoms with van der Waals surface area (Å²) in [5, 5.41) is 2.69. The Hall–Kier alpha value is -2.50. The second kappa shape index (κ2) is 5.01. The van der Waals surface area contributed by atoms with Gasteiger partial charge in [-0.05, 0) is 24.6 Å². The summed E-state index contributed by atoms with van der Waals surface area (Å²) in [5.74, 6) is -0.288. The molecule has 6 nitrogen and oxygen atoms in total. The zero-order valence-electron chi connectivity index (χ0n) is 10.9. The number of rotatable bonds is 3. The van der Waals surface area contributed by atoms with E-state index in [0.717, 1.165) is 5.56 Å². The predicted octanol–water partition coefficient (Wildman–Crippen LogP) is 0.716. The van der Waals surface area contributed by atoms with Crippen LogP contribution in [0.4, 0.5) is 11.4 Å². The van der Waals surface area contributed by atoms with E-state index in [-0.39, 0.29) is 18.1 Å². The highest BCUT2D eigenvalue weighted by molar-refractivity contribution is 5.93. The highest BCUT2D eigenvalue weighted by Crippen LogP contribution is 2.19. The van der Waals surface area contributed by atoms with Gasteiger partial charge in [0.25, 0.3) is 0 Å². The van der Waals surface area contributed by atoms with Crippen LogP contribution in [0, 0.1) is 6.92 Å². The van der Waals surface area contributed by atoms with Crippen molar-refractivity contribution in [3.63, 3.8) is 0 Å². The van der Waals surface area contributed by atoms with E-state index in [1.54, 1.807) is 31.6 Å². The van der Waals surface area contributed by atoms with Gasteiger partial charge in [0, 0.05) is 19.4 Å². The van der Waals surface area contributed by atoms with Crippen LogP contribution >= 0.6 is 0 Å². The minimum absolute atomic E-state index is 0.0347. The Labute approximate surface area is 110 Å². The summed E-state index contributed by atoms with van der Waals surface area (Å²) in [6, 6.07) is 5.39. The zero-order chi connectivity index (χ0) is 14.0. The standard InChI is InChI=1S/C13H16N4O2/c1-9-3-4-11(10(14)7-9)15-12(18)8-17-6-5-16(2)13(17)19/h3-7H,8,14H2,1-2H3,(H,15,18). The van der Waals surface area contributed by atoms with Crippen molar-refractivity contribution in [2.45, 2.75) is 13.5 Å². The van der Waals surface area contributed by atoms with Crippen molar-refractivity contribution >= 4 is 17.3 Å². The van der Waals surface area contributed by atoms with Gasteiger partial charge in [-0.15, -0.1) is 0 Å². The van der Waals surface area contributed by atoms with Crippen LogP contribution in [0.15, 0.2) is 35.4 Å². The van der Waals surface area contributed by atoms with Gasteiger partial charge in [0.2, 0.25) is 5.91 Å². The predicted molar refractivity (Wildman–Crippen MR) is 73.9 cm³/mol. The monoisotopic (exact) mass is 260 g/mol. The van der Waals surface area contributed by atoms with Gasteiger partial charge in [0.1, 0.15) is 6.54 Å². The van der Waals surface area contributed by atoms with E-state index < -0.39 is 0 Å². The van der Waals surface area contributed by atoms with Crippen LogP contribution in [0.2, 0.25) is 0 Å². The SMILES string of the molecule is Cc1ccc(NC(=O)Cn2ccn(C)c2=O)c(N)c1. The molecule has 0 aliphatic rings. The van der Waals surface area contributed by atoms with Crippen molar-refractivity contribution in [3.8, 4) is 0 Å². The summed E-state index contributed by atoms with van der Waals surface area (Å²) in [4.78, 5) is 23.4. The fourth-order valence-corrected chi connectivity index (χ4v) is 1.77. The Kier molecular flexibility index (Phi) is 3.41. The Balaban J connectivity index is 2.09. The molecule has 0 bridgehead atoms. The lowest BCUT2D eigenvalue weighted by atomic mass is 10.2. The number of hydrogen-bond acceptors (Lipinski definition) is 3. The first kappa shape index (κ1) is 12.9. The van der Waals surface area contributed by atoms with Crippen LogP contribution < -0.4 is 16.7 Å². The minimum Gasteiger partial charge on any atom is -0.397 e. The van der Waals surface area contributed by atoms with Gasteiger partial charge in [-0.1, -0.05) is 6.07 Å². The fraction of sp³-hybridized carbons (Fsp3) is 0.231. The van der Waals surface area contributed by atoms with Crippen molar-refractivity contribution in [3.05, 3.63) is 46.6 Å². The number of aryl methyl sites for hydroxylation is 2. The molecule has 1 aromatic carbocycles. The van der Waals surface area contributed by atoms with Crippen LogP contribution in [-0.2, 0) is 18.4 Å². The van der Waals surface area contributed by atoms with Crippen molar-refractivity contribution in [1.29, 1.82) is 0 Å². The molecule has 0 saturated carbocycles. The minimum atomic E-state index is -0.288. The van der Waals surface area contributed by atoms with Gasteiger partial charge < -0.3 is 15.6 Å². The average molecular weight is 260 g/mol. The normalized spacial score (nSPS) is 10.4. The largest absolute Gasteiger partial charge is 0.397 e. The first-order valence-electron chi connectivity index (χ1n) is 5.85. The molecule has 0 unspecified atom stereocenters. The molecular weight excluding hydrogens is 244 g/mol. The third-order valence-electron chi connectivity index (χ3n) is 2.81. The Bertz CT molecular complexity index is 670. The second-order valence-corrected chi connectivity index (χ2v) is 4.46. The summed E-state index contributed by atoms with van der Waals surface area (Å²) in [6.07, 6.45) is 3.18. The molecule has 0 atom stereocenters. The molecule has 0 aliphatic heterocycles. The Morgan fingerprint density at radius 3 is 2.68 bits per heavy atom. The highest BCUT2D eigenvalue weighted by atomic mass is 16.2. The number of amides is 1. The van der Waals surface area contributed by atoms with E-state index >= 15 is 0 Å². The first-order chi connectivity index (χ1) is 8.97. The third kappa shape index (κ3) is 2.85. The van der Waals surface area contributed by atoms with Gasteiger partial charge in [-0.3, -0.25) is 9.36 Å². The van der Waals surface area contributed by atoms with Gasteiger partial charge in [0.15, 0.2) is 0 Å². The van der Waals surface area contributed by atoms with Crippen LogP contribution in [0.1, 0.15) is 5.56 Å². The van der Waals surface area contributed by atoms with Crippen molar-refractivity contribution in [1.82, 2.24) is 9.13 Å². The van der Waals surface area contributed by atoms with E-state index in [4.69, 9.17) is 5.73 Å². The lowest BCUT2D eigenvalue weighted by Gasteiger charge is -2.08. The maximum atomic E-state index is 11.8. The number of nitrogens with two attached hydrogens (primary N) is 1. The van der Waals surface area contributed by atoms with Crippen molar-refractivity contribution < 1.29 is 4.79 Å². The molecule has 19 heavy (non-hydrogen) atoms. The maximum absolute atomic E-state index is 11.8. The lowest BCUT2D eigenvalue weighted by molar-refractivity contribution is -0.116. The molecule has 0 aliphatic carbocycles. The molecule has 1 amide bonds. The number of hydrogen-bond donors (Lipinski definition) is 2. The Morgan fingerprint density at radius 1 is 1.37 bits per heavy atom. The van der Waals surface area contributed by atoms with Crippen LogP contribution in [0.5, 0.6) is 0 Å². The third-order valence-corrected chi connectivity index (χ3v) is 2.81. The molecule has 1 aromatic heterocycles. The highest BCUT2D eigenvalue weighted by Gasteiger charge is 2.08. The Morgan fingerprint density at radius 2 is 2.11 bits per heavy atom. The molecule has 0 fully saturated rings. The van der Waals surface area contributed by atoms with E-state index in [0.29, 0.717) is 11.4 Å². The summed E-state index contributed by atoms with van der Waals surface area (Å²) in [5.41, 5.74) is 7.67. The molecule has 2 aromatic rings. The molecule has 0 spiro atoms. The average Bonchev–Trinajstić information content (AvgIpc) is 2.65. The summed E-state index contributed by atoms with van der Waals surface area (Å²) in [7, 11) is 1.63. The van der Waals surface area contributed by atoms with Crippen LogP contribution in [-0.4, -0.2) is 15.0 Å². The summed E-state index contributed by atoms with van der Waals surface area (Å²) in [6.45, 7) is 1.89. The summed E-state index contributed by atoms with van der Waals surface area (Å²) < 4.78 is 2.74. The number of anilines is 2. The molecule has 2 rings (SSSR count). The number of carbonyl (C=O) groups excluding carboxylic acids is 1. The number of aromatic nitrogens is 2. The number of nitrogens with zero attached hydrogens (tertiary/aromatic N) is 2. The van der Waals surface area contributed by atoms with Crippen molar-refractivity contribution in [2.24, 2.45) is 7.05 Å². The van der Waals surface area contributed by atoms with Crippen molar-refractivity contribution in [2.75, 3.05) is 11.1 Å². The molecule has 100 valence electrons. The van der Waals surface area contributed by atoms with E-state index in [2.05, 4.69) is 5.32 Å². The topological polar surface area (TPSA) is 82.0 Å². The molecule has 3 N–H and O–H groups in total. The van der Waals surface area contributed by atoms with Crippen LogP contribution in [0.25, 0.3) is 0 Å². The van der Waals surface area contributed by atoms with Gasteiger partial charge in [-0.2, -0.15) is 0 Å². The number of benzene rings is 1. The second-order valence-electron chi connectivity index (χ2n) is 4.46. The van der Waals surface area contributed by atoms with Gasteiger partial charge >= 0.3 is 5.69 Å². The molecule has 0 saturated heterocycles. The fourth-order valence-electron chi connectivity index (χ4n) is 1.77. The lowest BCUT2D eigenvalue weighted by Crippen LogP contribution is -2.28. The molecule has 0 radical (unpaired) electrons. The molecule has 1 heterocycles. The van der Waals surface area contributed by atoms with E-state index in [1.807, 2.05) is 13.0 Å². The maximum Gasteiger partial charge on any atom is 0.328 e. The number of carbonyl (C=O) groups is 1. The van der Waals surface area contributed by atoms with E-state index in [1.165, 1.54) is 9.13 Å². The molecular formula is C13H16N4O2. The molecule has 6 heteroatoms. The number of imidazole rings is 1. The van der Waals surface area contributed by atoms with Crippen LogP contribution in [0.3, 0.4) is 0 Å². The first-order valence-corrected chi connectivity index (χ1v) is 5.85.